The van der Waals surface area contributed by atoms with E-state index >= 15 is 0 Å². The number of Topliss-reactive ketones (excluding diaryl/α,β-unsaturated/α-hetero) is 2. The maximum Gasteiger partial charge on any atom is 0.231 e. The number of carbonyl (C=O) groups excluding carboxylic acids is 2. The molecule has 0 amide bonds. The Bertz CT molecular complexity index is 1460. The molecular formula is C28H22Br6N2O4. The highest BCUT2D eigenvalue weighted by atomic mass is 79.9. The molecule has 0 saturated carbocycles. The number of nitrogens with zero attached hydrogens (tertiary/aromatic N) is 2. The lowest BCUT2D eigenvalue weighted by molar-refractivity contribution is -0.683. The molecule has 0 saturated heterocycles. The first-order valence-electron chi connectivity index (χ1n) is 11.4. The molecule has 12 heteroatoms. The third-order valence-corrected chi connectivity index (χ3v) is 9.80. The van der Waals surface area contributed by atoms with E-state index in [0.717, 1.165) is 31.2 Å². The summed E-state index contributed by atoms with van der Waals surface area (Å²) in [4.78, 5) is 25.7. The molecule has 6 nitrogen and oxygen atoms in total. The number of hydrogen-bond donors (Lipinski definition) is 2. The number of phenols is 2. The van der Waals surface area contributed by atoms with Crippen LogP contribution in [0.3, 0.4) is 0 Å². The van der Waals surface area contributed by atoms with Gasteiger partial charge in [0.2, 0.25) is 24.7 Å². The molecule has 0 spiro atoms. The van der Waals surface area contributed by atoms with Crippen molar-refractivity contribution in [3.63, 3.8) is 0 Å². The van der Waals surface area contributed by atoms with Gasteiger partial charge in [0.15, 0.2) is 24.8 Å². The van der Waals surface area contributed by atoms with Gasteiger partial charge in [-0.25, -0.2) is 0 Å². The maximum absolute atomic E-state index is 12.8. The second-order valence-corrected chi connectivity index (χ2v) is 12.0. The summed E-state index contributed by atoms with van der Waals surface area (Å²) in [5.74, 6) is -0.569. The summed E-state index contributed by atoms with van der Waals surface area (Å²) >= 11 is 13.5. The lowest BCUT2D eigenvalue weighted by Crippen LogP contribution is -3.00. The van der Waals surface area contributed by atoms with Crippen LogP contribution in [0.15, 0.2) is 79.1 Å². The quantitative estimate of drug-likeness (QED) is 0.213. The second kappa shape index (κ2) is 14.6. The van der Waals surface area contributed by atoms with Gasteiger partial charge in [-0.05, 0) is 80.1 Å². The Morgan fingerprint density at radius 1 is 0.650 bits per heavy atom. The van der Waals surface area contributed by atoms with Crippen LogP contribution in [0.4, 0.5) is 0 Å². The van der Waals surface area contributed by atoms with Gasteiger partial charge in [0.25, 0.3) is 0 Å². The van der Waals surface area contributed by atoms with Crippen molar-refractivity contribution in [1.82, 2.24) is 0 Å². The number of phenolic OH excluding ortho intramolecular Hbond substituents is 2. The van der Waals surface area contributed by atoms with Crippen LogP contribution in [-0.4, -0.2) is 21.8 Å². The molecule has 0 bridgehead atoms. The van der Waals surface area contributed by atoms with Gasteiger partial charge in [-0.2, -0.15) is 9.13 Å². The summed E-state index contributed by atoms with van der Waals surface area (Å²) in [5, 5.41) is 20.8. The standard InChI is InChI=1S/C28H20Br4N2O4.2BrH/c1-15-21(29)11-19(27(37)25(15)31)23(35)13-33-7-3-17(4-8-33)18-5-9-34(10-6-18)14-24(36)20-12-22(30)16(2)26(32)28(20)38;;/h3-12H,13-14H2,1-2H3;2*1H. The van der Waals surface area contributed by atoms with Gasteiger partial charge in [0, 0.05) is 33.2 Å². The van der Waals surface area contributed by atoms with Crippen molar-refractivity contribution in [1.29, 1.82) is 0 Å². The molecule has 2 aromatic heterocycles. The Balaban J connectivity index is 0.00000280. The molecule has 0 radical (unpaired) electrons. The number of aromatic hydroxyl groups is 2. The van der Waals surface area contributed by atoms with Crippen LogP contribution in [0, 0.1) is 13.8 Å². The van der Waals surface area contributed by atoms with E-state index in [-0.39, 0.29) is 81.2 Å². The monoisotopic (exact) mass is 924 g/mol. The Kier molecular flexibility index (Phi) is 12.7. The van der Waals surface area contributed by atoms with Gasteiger partial charge in [0.1, 0.15) is 11.5 Å². The molecular weight excluding hydrogens is 908 g/mol. The summed E-state index contributed by atoms with van der Waals surface area (Å²) < 4.78 is 5.97. The average Bonchev–Trinajstić information content (AvgIpc) is 2.91. The van der Waals surface area contributed by atoms with Crippen molar-refractivity contribution in [2.24, 2.45) is 0 Å². The van der Waals surface area contributed by atoms with Crippen molar-refractivity contribution in [3.05, 3.63) is 101 Å². The van der Waals surface area contributed by atoms with Crippen LogP contribution in [0.5, 0.6) is 11.5 Å². The number of aromatic nitrogens is 2. The van der Waals surface area contributed by atoms with Crippen LogP contribution in [0.1, 0.15) is 31.8 Å². The van der Waals surface area contributed by atoms with Crippen molar-refractivity contribution >= 4 is 75.3 Å². The van der Waals surface area contributed by atoms with E-state index < -0.39 is 0 Å². The van der Waals surface area contributed by atoms with Gasteiger partial charge in [-0.15, -0.1) is 0 Å². The van der Waals surface area contributed by atoms with Gasteiger partial charge < -0.3 is 44.2 Å². The van der Waals surface area contributed by atoms with Gasteiger partial charge in [-0.1, -0.05) is 31.9 Å². The zero-order valence-corrected chi connectivity index (χ0v) is 30.6. The molecule has 2 heterocycles. The maximum atomic E-state index is 12.8. The first-order chi connectivity index (χ1) is 18.0. The van der Waals surface area contributed by atoms with Crippen LogP contribution in [0.2, 0.25) is 0 Å². The zero-order valence-electron chi connectivity index (χ0n) is 21.1. The molecule has 2 N–H and O–H groups in total. The zero-order chi connectivity index (χ0) is 27.7. The van der Waals surface area contributed by atoms with E-state index in [9.17, 15) is 19.8 Å². The van der Waals surface area contributed by atoms with Crippen molar-refractivity contribution in [2.45, 2.75) is 26.9 Å². The van der Waals surface area contributed by atoms with E-state index in [1.165, 1.54) is 0 Å². The fourth-order valence-electron chi connectivity index (χ4n) is 3.85. The minimum Gasteiger partial charge on any atom is -1.00 e. The van der Waals surface area contributed by atoms with Crippen LogP contribution >= 0.6 is 63.7 Å². The van der Waals surface area contributed by atoms with Gasteiger partial charge in [0.05, 0.1) is 20.1 Å². The molecule has 0 aliphatic heterocycles. The molecule has 2 aromatic carbocycles. The predicted molar refractivity (Wildman–Crippen MR) is 157 cm³/mol. The number of pyridine rings is 2. The molecule has 0 aliphatic carbocycles. The molecule has 0 unspecified atom stereocenters. The van der Waals surface area contributed by atoms with Crippen LogP contribution < -0.4 is 43.1 Å². The minimum absolute atomic E-state index is 0. The van der Waals surface area contributed by atoms with E-state index in [2.05, 4.69) is 63.7 Å². The van der Waals surface area contributed by atoms with Crippen LogP contribution in [0.25, 0.3) is 11.1 Å². The number of hydrogen-bond acceptors (Lipinski definition) is 4. The highest BCUT2D eigenvalue weighted by Crippen LogP contribution is 2.37. The molecule has 40 heavy (non-hydrogen) atoms. The van der Waals surface area contributed by atoms with Crippen molar-refractivity contribution < 1.29 is 62.9 Å². The molecule has 0 atom stereocenters. The normalized spacial score (nSPS) is 10.4. The SMILES string of the molecule is Cc1c(Br)cc(C(=O)C[n+]2ccc(-c3cc[n+](CC(=O)c4cc(Br)c(C)c(Br)c4O)cc3)cc2)c(O)c1Br.[Br-].[Br-]. The molecule has 4 rings (SSSR count). The van der Waals surface area contributed by atoms with E-state index in [4.69, 9.17) is 0 Å². The topological polar surface area (TPSA) is 82.4 Å². The number of benzene rings is 2. The summed E-state index contributed by atoms with van der Waals surface area (Å²) in [7, 11) is 0. The fourth-order valence-corrected chi connectivity index (χ4v) is 6.09. The van der Waals surface area contributed by atoms with Crippen molar-refractivity contribution in [2.75, 3.05) is 0 Å². The lowest BCUT2D eigenvalue weighted by atomic mass is 10.1. The van der Waals surface area contributed by atoms with Crippen molar-refractivity contribution in [3.8, 4) is 22.6 Å². The predicted octanol–water partition coefficient (Wildman–Crippen LogP) is 0.780. The molecule has 0 aliphatic rings. The molecule has 4 aromatic rings. The average molecular weight is 930 g/mol. The summed E-state index contributed by atoms with van der Waals surface area (Å²) in [6.45, 7) is 3.83. The number of rotatable bonds is 7. The van der Waals surface area contributed by atoms with Crippen LogP contribution in [-0.2, 0) is 13.1 Å². The summed E-state index contributed by atoms with van der Waals surface area (Å²) in [5.41, 5.74) is 4.01. The van der Waals surface area contributed by atoms with E-state index in [1.807, 2.05) is 62.9 Å². The third kappa shape index (κ3) is 7.49. The molecule has 210 valence electrons. The number of ketones is 2. The van der Waals surface area contributed by atoms with Gasteiger partial charge in [-0.3, -0.25) is 9.59 Å². The third-order valence-electron chi connectivity index (χ3n) is 6.21. The Morgan fingerprint density at radius 3 is 1.25 bits per heavy atom. The number of carbonyl (C=O) groups is 2. The number of halogens is 6. The summed E-state index contributed by atoms with van der Waals surface area (Å²) in [6, 6.07) is 10.9. The van der Waals surface area contributed by atoms with Gasteiger partial charge >= 0.3 is 0 Å². The first-order valence-corrected chi connectivity index (χ1v) is 14.5. The molecule has 0 fully saturated rings. The highest BCUT2D eigenvalue weighted by molar-refractivity contribution is 9.11. The Labute approximate surface area is 286 Å². The summed E-state index contributed by atoms with van der Waals surface area (Å²) in [6.07, 6.45) is 7.23. The Hall–Kier alpha value is -1.44. The highest BCUT2D eigenvalue weighted by Gasteiger charge is 2.22. The minimum atomic E-state index is -0.217. The fraction of sp³-hybridized carbons (Fsp3) is 0.143. The lowest BCUT2D eigenvalue weighted by Gasteiger charge is -2.09. The van der Waals surface area contributed by atoms with E-state index in [0.29, 0.717) is 8.95 Å². The largest absolute Gasteiger partial charge is 1.00 e. The first kappa shape index (κ1) is 34.8. The second-order valence-electron chi connectivity index (χ2n) is 8.75. The smallest absolute Gasteiger partial charge is 0.231 e. The van der Waals surface area contributed by atoms with E-state index in [1.54, 1.807) is 21.3 Å². The Morgan fingerprint density at radius 2 is 0.950 bits per heavy atom.